The second-order valence-corrected chi connectivity index (χ2v) is 7.47. The minimum atomic E-state index is -3.08. The standard InChI is InChI=1S/C17H18O4S/c1-13-4-3-5-15(10-13)11-21-17(18)16-8-6-14(7-9-16)12-22(2,19)20/h3-10H,11-12H2,1-2H3. The Morgan fingerprint density at radius 2 is 1.73 bits per heavy atom. The molecule has 2 aromatic carbocycles. The van der Waals surface area contributed by atoms with Gasteiger partial charge < -0.3 is 4.74 Å². The fourth-order valence-corrected chi connectivity index (χ4v) is 2.87. The van der Waals surface area contributed by atoms with E-state index in [0.717, 1.165) is 11.1 Å². The van der Waals surface area contributed by atoms with Gasteiger partial charge in [0.1, 0.15) is 6.61 Å². The molecule has 0 aliphatic heterocycles. The highest BCUT2D eigenvalue weighted by molar-refractivity contribution is 7.89. The number of benzene rings is 2. The van der Waals surface area contributed by atoms with E-state index in [9.17, 15) is 13.2 Å². The summed E-state index contributed by atoms with van der Waals surface area (Å²) in [5.41, 5.74) is 3.10. The molecule has 0 aliphatic rings. The summed E-state index contributed by atoms with van der Waals surface area (Å²) in [5.74, 6) is -0.460. The zero-order valence-electron chi connectivity index (χ0n) is 12.6. The van der Waals surface area contributed by atoms with Gasteiger partial charge in [-0.05, 0) is 30.2 Å². The van der Waals surface area contributed by atoms with Gasteiger partial charge in [0.15, 0.2) is 9.84 Å². The molecule has 2 rings (SSSR count). The molecule has 4 nitrogen and oxygen atoms in total. The molecule has 116 valence electrons. The first-order chi connectivity index (χ1) is 10.3. The fraction of sp³-hybridized carbons (Fsp3) is 0.235. The van der Waals surface area contributed by atoms with Crippen molar-refractivity contribution in [3.05, 3.63) is 70.8 Å². The zero-order chi connectivity index (χ0) is 16.2. The van der Waals surface area contributed by atoms with E-state index in [1.807, 2.05) is 31.2 Å². The van der Waals surface area contributed by atoms with Crippen molar-refractivity contribution in [3.63, 3.8) is 0 Å². The molecule has 0 bridgehead atoms. The molecular formula is C17H18O4S. The molecule has 0 unspecified atom stereocenters. The van der Waals surface area contributed by atoms with E-state index in [2.05, 4.69) is 0 Å². The van der Waals surface area contributed by atoms with Crippen LogP contribution in [0.4, 0.5) is 0 Å². The molecule has 0 atom stereocenters. The van der Waals surface area contributed by atoms with Crippen LogP contribution < -0.4 is 0 Å². The first-order valence-electron chi connectivity index (χ1n) is 6.83. The Morgan fingerprint density at radius 3 is 2.32 bits per heavy atom. The first kappa shape index (κ1) is 16.2. The summed E-state index contributed by atoms with van der Waals surface area (Å²) in [4.78, 5) is 12.0. The summed E-state index contributed by atoms with van der Waals surface area (Å²) in [5, 5.41) is 0. The van der Waals surface area contributed by atoms with Crippen LogP contribution in [0.5, 0.6) is 0 Å². The van der Waals surface area contributed by atoms with Gasteiger partial charge >= 0.3 is 5.97 Å². The molecule has 2 aromatic rings. The fourth-order valence-electron chi connectivity index (χ4n) is 2.07. The number of carbonyl (C=O) groups is 1. The highest BCUT2D eigenvalue weighted by atomic mass is 32.2. The van der Waals surface area contributed by atoms with Crippen molar-refractivity contribution in [2.45, 2.75) is 19.3 Å². The topological polar surface area (TPSA) is 60.4 Å². The molecule has 0 spiro atoms. The third-order valence-corrected chi connectivity index (χ3v) is 3.93. The number of rotatable bonds is 5. The van der Waals surface area contributed by atoms with Gasteiger partial charge in [-0.2, -0.15) is 0 Å². The molecule has 0 aliphatic carbocycles. The second kappa shape index (κ2) is 6.75. The van der Waals surface area contributed by atoms with Gasteiger partial charge in [-0.3, -0.25) is 0 Å². The minimum Gasteiger partial charge on any atom is -0.457 e. The number of esters is 1. The van der Waals surface area contributed by atoms with Crippen molar-refractivity contribution in [2.24, 2.45) is 0 Å². The third-order valence-electron chi connectivity index (χ3n) is 3.07. The van der Waals surface area contributed by atoms with Gasteiger partial charge in [0, 0.05) is 6.26 Å². The van der Waals surface area contributed by atoms with Crippen LogP contribution in [0.3, 0.4) is 0 Å². The first-order valence-corrected chi connectivity index (χ1v) is 8.89. The van der Waals surface area contributed by atoms with Crippen molar-refractivity contribution in [2.75, 3.05) is 6.26 Å². The second-order valence-electron chi connectivity index (χ2n) is 5.33. The average molecular weight is 318 g/mol. The van der Waals surface area contributed by atoms with Gasteiger partial charge in [0.2, 0.25) is 0 Å². The quantitative estimate of drug-likeness (QED) is 0.795. The number of sulfone groups is 1. The Balaban J connectivity index is 1.98. The number of hydrogen-bond donors (Lipinski definition) is 0. The van der Waals surface area contributed by atoms with E-state index in [1.165, 1.54) is 6.26 Å². The van der Waals surface area contributed by atoms with E-state index >= 15 is 0 Å². The lowest BCUT2D eigenvalue weighted by Gasteiger charge is -2.06. The molecular weight excluding hydrogens is 300 g/mol. The number of carbonyl (C=O) groups excluding carboxylic acids is 1. The van der Waals surface area contributed by atoms with Crippen LogP contribution in [-0.4, -0.2) is 20.6 Å². The normalized spacial score (nSPS) is 11.2. The molecule has 0 aromatic heterocycles. The maximum atomic E-state index is 12.0. The molecule has 22 heavy (non-hydrogen) atoms. The van der Waals surface area contributed by atoms with Crippen molar-refractivity contribution in [1.82, 2.24) is 0 Å². The summed E-state index contributed by atoms with van der Waals surface area (Å²) in [7, 11) is -3.08. The van der Waals surface area contributed by atoms with Gasteiger partial charge in [-0.25, -0.2) is 13.2 Å². The molecule has 0 amide bonds. The van der Waals surface area contributed by atoms with E-state index in [0.29, 0.717) is 11.1 Å². The van der Waals surface area contributed by atoms with Crippen LogP contribution in [0.2, 0.25) is 0 Å². The van der Waals surface area contributed by atoms with Crippen molar-refractivity contribution >= 4 is 15.8 Å². The molecule has 5 heteroatoms. The van der Waals surface area contributed by atoms with Gasteiger partial charge in [0.05, 0.1) is 11.3 Å². The summed E-state index contributed by atoms with van der Waals surface area (Å²) in [6, 6.07) is 14.2. The number of hydrogen-bond acceptors (Lipinski definition) is 4. The van der Waals surface area contributed by atoms with Crippen LogP contribution in [0.1, 0.15) is 27.0 Å². The van der Waals surface area contributed by atoms with E-state index < -0.39 is 15.8 Å². The van der Waals surface area contributed by atoms with E-state index in [4.69, 9.17) is 4.74 Å². The number of aryl methyl sites for hydroxylation is 1. The lowest BCUT2D eigenvalue weighted by atomic mass is 10.1. The Bertz CT molecular complexity index is 762. The number of ether oxygens (including phenoxy) is 1. The van der Waals surface area contributed by atoms with Gasteiger partial charge in [-0.1, -0.05) is 42.0 Å². The third kappa shape index (κ3) is 5.00. The van der Waals surface area contributed by atoms with Crippen molar-refractivity contribution in [1.29, 1.82) is 0 Å². The van der Waals surface area contributed by atoms with Crippen LogP contribution in [0.25, 0.3) is 0 Å². The molecule has 0 N–H and O–H groups in total. The summed E-state index contributed by atoms with van der Waals surface area (Å²) in [6.07, 6.45) is 1.18. The Morgan fingerprint density at radius 1 is 1.05 bits per heavy atom. The highest BCUT2D eigenvalue weighted by Crippen LogP contribution is 2.11. The smallest absolute Gasteiger partial charge is 0.338 e. The maximum Gasteiger partial charge on any atom is 0.338 e. The highest BCUT2D eigenvalue weighted by Gasteiger charge is 2.09. The largest absolute Gasteiger partial charge is 0.457 e. The Hall–Kier alpha value is -2.14. The molecule has 0 saturated heterocycles. The predicted molar refractivity (Wildman–Crippen MR) is 85.3 cm³/mol. The van der Waals surface area contributed by atoms with E-state index in [-0.39, 0.29) is 12.4 Å². The predicted octanol–water partition coefficient (Wildman–Crippen LogP) is 2.90. The average Bonchev–Trinajstić information content (AvgIpc) is 2.44. The zero-order valence-corrected chi connectivity index (χ0v) is 13.4. The maximum absolute atomic E-state index is 12.0. The van der Waals surface area contributed by atoms with Gasteiger partial charge in [-0.15, -0.1) is 0 Å². The molecule has 0 fully saturated rings. The lowest BCUT2D eigenvalue weighted by Crippen LogP contribution is -2.06. The monoisotopic (exact) mass is 318 g/mol. The summed E-state index contributed by atoms with van der Waals surface area (Å²) < 4.78 is 27.7. The SMILES string of the molecule is Cc1cccc(COC(=O)c2ccc(CS(C)(=O)=O)cc2)c1. The molecule has 0 saturated carbocycles. The van der Waals surface area contributed by atoms with Crippen LogP contribution >= 0.6 is 0 Å². The summed E-state index contributed by atoms with van der Waals surface area (Å²) in [6.45, 7) is 2.19. The minimum absolute atomic E-state index is 0.0361. The lowest BCUT2D eigenvalue weighted by molar-refractivity contribution is 0.0472. The van der Waals surface area contributed by atoms with Crippen molar-refractivity contribution in [3.8, 4) is 0 Å². The van der Waals surface area contributed by atoms with Crippen LogP contribution in [0.15, 0.2) is 48.5 Å². The van der Waals surface area contributed by atoms with Crippen LogP contribution in [-0.2, 0) is 26.9 Å². The summed E-state index contributed by atoms with van der Waals surface area (Å²) >= 11 is 0. The molecule has 0 heterocycles. The Kier molecular flexibility index (Phi) is 4.98. The van der Waals surface area contributed by atoms with Crippen LogP contribution in [0, 0.1) is 6.92 Å². The molecule has 0 radical (unpaired) electrons. The Labute approximate surface area is 130 Å². The van der Waals surface area contributed by atoms with Gasteiger partial charge in [0.25, 0.3) is 0 Å². The van der Waals surface area contributed by atoms with Crippen molar-refractivity contribution < 1.29 is 17.9 Å². The van der Waals surface area contributed by atoms with E-state index in [1.54, 1.807) is 24.3 Å².